The zero-order valence-corrected chi connectivity index (χ0v) is 15.0. The Hall–Kier alpha value is -2.83. The third-order valence-electron chi connectivity index (χ3n) is 2.47. The fourth-order valence-electron chi connectivity index (χ4n) is 1.46. The zero-order chi connectivity index (χ0) is 19.1. The predicted molar refractivity (Wildman–Crippen MR) is 95.4 cm³/mol. The molecule has 3 aromatic rings. The Balaban J connectivity index is 0.000000330. The fraction of sp³-hybridized carbons (Fsp3) is 0. The fourth-order valence-corrected chi connectivity index (χ4v) is 1.46. The van der Waals surface area contributed by atoms with Crippen molar-refractivity contribution >= 4 is 17.1 Å². The van der Waals surface area contributed by atoms with Gasteiger partial charge in [-0.3, -0.25) is 0 Å². The molecule has 0 saturated carbocycles. The average molecular weight is 374 g/mol. The third kappa shape index (κ3) is 12.3. The number of benzene rings is 3. The van der Waals surface area contributed by atoms with Gasteiger partial charge in [-0.2, -0.15) is 30.3 Å². The first kappa shape index (κ1) is 22.2. The summed E-state index contributed by atoms with van der Waals surface area (Å²) in [5.74, 6) is 0.426. The number of nitrogens with two attached hydrogens (primary N) is 3. The Kier molecular flexibility index (Phi) is 12.1. The van der Waals surface area contributed by atoms with E-state index in [4.69, 9.17) is 30.7 Å². The number of phenols is 2. The maximum atomic E-state index is 8.73. The van der Waals surface area contributed by atoms with E-state index in [-0.39, 0.29) is 11.5 Å². The van der Waals surface area contributed by atoms with Crippen molar-refractivity contribution in [2.75, 3.05) is 17.2 Å². The molecule has 0 heterocycles. The van der Waals surface area contributed by atoms with Gasteiger partial charge in [0.05, 0.1) is 0 Å². The van der Waals surface area contributed by atoms with E-state index in [0.29, 0.717) is 11.4 Å². The van der Waals surface area contributed by atoms with Gasteiger partial charge in [-0.1, -0.05) is 17.8 Å². The molecular weight excluding hydrogens is 354 g/mol. The quantitative estimate of drug-likeness (QED) is 0.233. The van der Waals surface area contributed by atoms with Crippen molar-refractivity contribution in [2.45, 2.75) is 0 Å². The molecule has 8 N–H and O–H groups in total. The van der Waals surface area contributed by atoms with Crippen molar-refractivity contribution in [3.05, 3.63) is 78.9 Å². The van der Waals surface area contributed by atoms with Gasteiger partial charge < -0.3 is 27.4 Å². The number of aromatic hydroxyl groups is 2. The number of hydrogen-bond donors (Lipinski definition) is 5. The van der Waals surface area contributed by atoms with E-state index >= 15 is 0 Å². The number of nitrogen functional groups attached to an aromatic ring is 3. The topological polar surface area (TPSA) is 136 Å². The van der Waals surface area contributed by atoms with Gasteiger partial charge in [-0.25, -0.2) is 0 Å². The van der Waals surface area contributed by atoms with Crippen LogP contribution in [0.2, 0.25) is 0 Å². The van der Waals surface area contributed by atoms with Gasteiger partial charge in [0, 0.05) is 23.5 Å². The molecule has 0 atom stereocenters. The van der Waals surface area contributed by atoms with Crippen molar-refractivity contribution in [3.8, 4) is 11.5 Å². The standard InChI is InChI=1S/2C6H7NO.C6H6N.O.Ti/c2*7-5-2-1-3-6(8)4-5;7-6-4-2-1-3-5-6;;/h2*1-4,8H,7H2;1-2,4-5H,7H2;;/q;;-1;;+1. The molecule has 25 heavy (non-hydrogen) atoms. The van der Waals surface area contributed by atoms with Gasteiger partial charge in [-0.05, 0) is 24.3 Å². The monoisotopic (exact) mass is 374 g/mol. The molecule has 0 fully saturated rings. The predicted octanol–water partition coefficient (Wildman–Crippen LogP) is 2.90. The Bertz CT molecular complexity index is 650. The van der Waals surface area contributed by atoms with E-state index in [1.54, 1.807) is 42.5 Å². The van der Waals surface area contributed by atoms with Gasteiger partial charge in [0.1, 0.15) is 11.5 Å². The second-order valence-electron chi connectivity index (χ2n) is 4.53. The first-order valence-electron chi connectivity index (χ1n) is 6.98. The van der Waals surface area contributed by atoms with Crippen LogP contribution in [0.25, 0.3) is 0 Å². The second kappa shape index (κ2) is 13.6. The molecule has 3 aromatic carbocycles. The maximum absolute atomic E-state index is 8.73. The molecule has 0 aliphatic carbocycles. The van der Waals surface area contributed by atoms with E-state index in [0.717, 1.165) is 26.1 Å². The summed E-state index contributed by atoms with van der Waals surface area (Å²) in [6.45, 7) is 0. The molecule has 0 unspecified atom stereocenters. The zero-order valence-electron chi connectivity index (χ0n) is 13.5. The van der Waals surface area contributed by atoms with Crippen molar-refractivity contribution < 1.29 is 33.9 Å². The number of anilines is 3. The molecule has 129 valence electrons. The molecule has 0 saturated heterocycles. The van der Waals surface area contributed by atoms with Crippen molar-refractivity contribution in [2.24, 2.45) is 0 Å². The first-order chi connectivity index (χ1) is 12.0. The van der Waals surface area contributed by atoms with E-state index in [1.165, 1.54) is 12.1 Å². The molecule has 0 radical (unpaired) electrons. The molecule has 7 heteroatoms. The molecule has 0 bridgehead atoms. The summed E-state index contributed by atoms with van der Waals surface area (Å²) in [6, 6.07) is 23.1. The van der Waals surface area contributed by atoms with Gasteiger partial charge >= 0.3 is 23.7 Å². The Labute approximate surface area is 158 Å². The van der Waals surface area contributed by atoms with Gasteiger partial charge in [0.15, 0.2) is 0 Å². The van der Waals surface area contributed by atoms with Gasteiger partial charge in [-0.15, -0.1) is 0 Å². The number of phenolic OH excluding ortho intramolecular Hbond substituents is 2. The molecule has 6 nitrogen and oxygen atoms in total. The van der Waals surface area contributed by atoms with Gasteiger partial charge in [0.2, 0.25) is 0 Å². The summed E-state index contributed by atoms with van der Waals surface area (Å²) in [4.78, 5) is 0. The summed E-state index contributed by atoms with van der Waals surface area (Å²) in [5, 5.41) is 17.5. The molecule has 0 amide bonds. The van der Waals surface area contributed by atoms with Crippen LogP contribution >= 0.6 is 0 Å². The summed E-state index contributed by atoms with van der Waals surface area (Å²) < 4.78 is 8.25. The van der Waals surface area contributed by atoms with Crippen LogP contribution in [0.5, 0.6) is 11.5 Å². The number of hydrogen-bond acceptors (Lipinski definition) is 6. The Morgan fingerprint density at radius 2 is 1.16 bits per heavy atom. The van der Waals surface area contributed by atoms with Crippen LogP contribution in [0.4, 0.5) is 17.1 Å². The molecule has 0 spiro atoms. The van der Waals surface area contributed by atoms with Crippen LogP contribution < -0.4 is 17.2 Å². The first-order valence-corrected chi connectivity index (χ1v) is 7.62. The van der Waals surface area contributed by atoms with E-state index in [2.05, 4.69) is 6.07 Å². The SMILES string of the molecule is Nc1c[c-]ccc1.Nc1cccc(O)c1.Nc1cccc(O)c1.[O]=[Ti+]. The summed E-state index contributed by atoms with van der Waals surface area (Å²) in [6.07, 6.45) is 0. The molecule has 0 aliphatic heterocycles. The minimum atomic E-state index is 0.213. The van der Waals surface area contributed by atoms with Crippen LogP contribution in [0.1, 0.15) is 0 Å². The van der Waals surface area contributed by atoms with E-state index in [9.17, 15) is 0 Å². The van der Waals surface area contributed by atoms with Crippen LogP contribution in [0.3, 0.4) is 0 Å². The molecule has 0 aromatic heterocycles. The Morgan fingerprint density at radius 3 is 1.36 bits per heavy atom. The van der Waals surface area contributed by atoms with Crippen molar-refractivity contribution in [1.82, 2.24) is 0 Å². The molecular formula is C18H20N3O3Ti. The second-order valence-corrected chi connectivity index (χ2v) is 4.53. The van der Waals surface area contributed by atoms with Crippen molar-refractivity contribution in [3.63, 3.8) is 0 Å². The average Bonchev–Trinajstić information content (AvgIpc) is 2.58. The van der Waals surface area contributed by atoms with Crippen LogP contribution in [-0.2, 0) is 23.7 Å². The minimum absolute atomic E-state index is 0.213. The van der Waals surface area contributed by atoms with Crippen LogP contribution in [0, 0.1) is 6.07 Å². The summed E-state index contributed by atoms with van der Waals surface area (Å²) in [7, 11) is 0. The third-order valence-corrected chi connectivity index (χ3v) is 2.47. The normalized spacial score (nSPS) is 8.40. The van der Waals surface area contributed by atoms with Gasteiger partial charge in [0.25, 0.3) is 0 Å². The van der Waals surface area contributed by atoms with Crippen LogP contribution in [-0.4, -0.2) is 10.2 Å². The number of rotatable bonds is 0. The summed E-state index contributed by atoms with van der Waals surface area (Å²) >= 11 is 0.750. The molecule has 0 aliphatic rings. The van der Waals surface area contributed by atoms with Crippen molar-refractivity contribution in [1.29, 1.82) is 0 Å². The van der Waals surface area contributed by atoms with Crippen LogP contribution in [0.15, 0.2) is 72.8 Å². The summed E-state index contributed by atoms with van der Waals surface area (Å²) in [5.41, 5.74) is 17.9. The Morgan fingerprint density at radius 1 is 0.720 bits per heavy atom. The molecule has 3 rings (SSSR count). The van der Waals surface area contributed by atoms with E-state index in [1.807, 2.05) is 18.2 Å². The van der Waals surface area contributed by atoms with E-state index < -0.39 is 0 Å².